The summed E-state index contributed by atoms with van der Waals surface area (Å²) in [7, 11) is 0. The second kappa shape index (κ2) is 6.10. The zero-order chi connectivity index (χ0) is 14.7. The third-order valence-electron chi connectivity index (χ3n) is 3.58. The normalized spacial score (nSPS) is 11.1. The Morgan fingerprint density at radius 3 is 2.90 bits per heavy atom. The Bertz CT molecular complexity index is 746. The molecule has 0 spiro atoms. The highest BCUT2D eigenvalue weighted by molar-refractivity contribution is 5.85. The lowest BCUT2D eigenvalue weighted by Crippen LogP contribution is -2.13. The number of para-hydroxylation sites is 1. The molecule has 0 aliphatic rings. The second-order valence-corrected chi connectivity index (χ2v) is 5.36. The highest BCUT2D eigenvalue weighted by Crippen LogP contribution is 2.29. The van der Waals surface area contributed by atoms with Gasteiger partial charge in [0, 0.05) is 29.9 Å². The van der Waals surface area contributed by atoms with E-state index >= 15 is 0 Å². The molecule has 2 aromatic heterocycles. The summed E-state index contributed by atoms with van der Waals surface area (Å²) >= 11 is 0. The molecule has 21 heavy (non-hydrogen) atoms. The molecule has 0 radical (unpaired) electrons. The summed E-state index contributed by atoms with van der Waals surface area (Å²) in [5, 5.41) is 4.53. The van der Waals surface area contributed by atoms with Gasteiger partial charge in [0.15, 0.2) is 0 Å². The Morgan fingerprint density at radius 1 is 1.19 bits per heavy atom. The fraction of sp³-hybridized carbons (Fsp3) is 0.278. The van der Waals surface area contributed by atoms with E-state index in [0.29, 0.717) is 0 Å². The van der Waals surface area contributed by atoms with Crippen molar-refractivity contribution in [3.63, 3.8) is 0 Å². The van der Waals surface area contributed by atoms with Crippen LogP contribution in [0.25, 0.3) is 22.3 Å². The van der Waals surface area contributed by atoms with Crippen molar-refractivity contribution in [2.75, 3.05) is 6.54 Å². The third-order valence-corrected chi connectivity index (χ3v) is 3.58. The van der Waals surface area contributed by atoms with Gasteiger partial charge in [0.05, 0.1) is 0 Å². The summed E-state index contributed by atoms with van der Waals surface area (Å²) in [5.41, 5.74) is 4.33. The summed E-state index contributed by atoms with van der Waals surface area (Å²) in [6.45, 7) is 6.10. The van der Waals surface area contributed by atoms with Gasteiger partial charge in [-0.05, 0) is 43.1 Å². The number of hydrogen-bond donors (Lipinski definition) is 1. The summed E-state index contributed by atoms with van der Waals surface area (Å²) in [4.78, 5) is 4.33. The summed E-state index contributed by atoms with van der Waals surface area (Å²) < 4.78 is 6.01. The lowest BCUT2D eigenvalue weighted by Gasteiger charge is -2.04. The topological polar surface area (TPSA) is 38.1 Å². The smallest absolute Gasteiger partial charge is 0.137 e. The van der Waals surface area contributed by atoms with E-state index in [1.165, 1.54) is 5.56 Å². The van der Waals surface area contributed by atoms with Crippen LogP contribution in [0, 0.1) is 6.92 Å². The molecule has 0 aliphatic carbocycles. The van der Waals surface area contributed by atoms with Gasteiger partial charge in [-0.2, -0.15) is 0 Å². The molecule has 0 fully saturated rings. The average molecular weight is 280 g/mol. The van der Waals surface area contributed by atoms with Crippen LogP contribution < -0.4 is 5.32 Å². The van der Waals surface area contributed by atoms with E-state index in [1.54, 1.807) is 0 Å². The van der Waals surface area contributed by atoms with E-state index in [-0.39, 0.29) is 0 Å². The summed E-state index contributed by atoms with van der Waals surface area (Å²) in [6, 6.07) is 10.4. The van der Waals surface area contributed by atoms with Crippen LogP contribution in [0.15, 0.2) is 47.1 Å². The predicted molar refractivity (Wildman–Crippen MR) is 86.2 cm³/mol. The van der Waals surface area contributed by atoms with Crippen LogP contribution in [0.3, 0.4) is 0 Å². The first kappa shape index (κ1) is 13.8. The van der Waals surface area contributed by atoms with Crippen molar-refractivity contribution in [3.05, 3.63) is 53.9 Å². The molecule has 3 aromatic rings. The molecule has 0 unspecified atom stereocenters. The fourth-order valence-electron chi connectivity index (χ4n) is 2.48. The third kappa shape index (κ3) is 2.98. The van der Waals surface area contributed by atoms with Crippen molar-refractivity contribution in [1.29, 1.82) is 0 Å². The number of furan rings is 1. The molecule has 3 rings (SSSR count). The molecule has 0 saturated heterocycles. The first-order valence-corrected chi connectivity index (χ1v) is 7.42. The van der Waals surface area contributed by atoms with Crippen LogP contribution in [0.2, 0.25) is 0 Å². The van der Waals surface area contributed by atoms with Crippen molar-refractivity contribution in [2.24, 2.45) is 0 Å². The SMILES string of the molecule is CCCNCc1cncc(-c2cc3cccc(C)c3o2)c1. The number of nitrogens with zero attached hydrogens (tertiary/aromatic N) is 1. The summed E-state index contributed by atoms with van der Waals surface area (Å²) in [6.07, 6.45) is 4.90. The average Bonchev–Trinajstić information content (AvgIpc) is 2.94. The molecule has 0 amide bonds. The Labute approximate surface area is 125 Å². The van der Waals surface area contributed by atoms with Gasteiger partial charge in [0.1, 0.15) is 11.3 Å². The lowest BCUT2D eigenvalue weighted by molar-refractivity contribution is 0.627. The zero-order valence-electron chi connectivity index (χ0n) is 12.5. The van der Waals surface area contributed by atoms with Gasteiger partial charge in [-0.1, -0.05) is 25.1 Å². The van der Waals surface area contributed by atoms with Gasteiger partial charge in [-0.3, -0.25) is 4.98 Å². The standard InChI is InChI=1S/C18H20N2O/c1-3-7-19-10-14-8-16(12-20-11-14)17-9-15-6-4-5-13(2)18(15)21-17/h4-6,8-9,11-12,19H,3,7,10H2,1-2H3. The molecule has 0 aliphatic heterocycles. The first-order valence-electron chi connectivity index (χ1n) is 7.42. The number of rotatable bonds is 5. The van der Waals surface area contributed by atoms with E-state index < -0.39 is 0 Å². The molecule has 3 heteroatoms. The van der Waals surface area contributed by atoms with Crippen molar-refractivity contribution >= 4 is 11.0 Å². The number of fused-ring (bicyclic) bond motifs is 1. The first-order chi connectivity index (χ1) is 10.3. The van der Waals surface area contributed by atoms with Gasteiger partial charge in [0.25, 0.3) is 0 Å². The molecule has 0 saturated carbocycles. The molecule has 108 valence electrons. The minimum atomic E-state index is 0.841. The number of hydrogen-bond acceptors (Lipinski definition) is 3. The fourth-order valence-corrected chi connectivity index (χ4v) is 2.48. The lowest BCUT2D eigenvalue weighted by atomic mass is 10.1. The van der Waals surface area contributed by atoms with E-state index in [4.69, 9.17) is 4.42 Å². The molecule has 0 atom stereocenters. The van der Waals surface area contributed by atoms with E-state index in [1.807, 2.05) is 12.4 Å². The Morgan fingerprint density at radius 2 is 2.10 bits per heavy atom. The van der Waals surface area contributed by atoms with Gasteiger partial charge in [-0.25, -0.2) is 0 Å². The molecule has 1 N–H and O–H groups in total. The maximum atomic E-state index is 6.01. The Balaban J connectivity index is 1.91. The quantitative estimate of drug-likeness (QED) is 0.708. The summed E-state index contributed by atoms with van der Waals surface area (Å²) in [5.74, 6) is 0.879. The molecule has 3 nitrogen and oxygen atoms in total. The second-order valence-electron chi connectivity index (χ2n) is 5.36. The van der Waals surface area contributed by atoms with Gasteiger partial charge in [-0.15, -0.1) is 0 Å². The van der Waals surface area contributed by atoms with Gasteiger partial charge in [0.2, 0.25) is 0 Å². The molecule has 1 aromatic carbocycles. The van der Waals surface area contributed by atoms with E-state index in [9.17, 15) is 0 Å². The number of nitrogens with one attached hydrogen (secondary N) is 1. The number of pyridine rings is 1. The number of aromatic nitrogens is 1. The highest BCUT2D eigenvalue weighted by atomic mass is 16.3. The van der Waals surface area contributed by atoms with Gasteiger partial charge < -0.3 is 9.73 Å². The molecular formula is C18H20N2O. The minimum absolute atomic E-state index is 0.841. The van der Waals surface area contributed by atoms with Crippen molar-refractivity contribution in [2.45, 2.75) is 26.8 Å². The van der Waals surface area contributed by atoms with Crippen LogP contribution in [-0.2, 0) is 6.54 Å². The van der Waals surface area contributed by atoms with Crippen LogP contribution >= 0.6 is 0 Å². The molecule has 0 bridgehead atoms. The maximum absolute atomic E-state index is 6.01. The van der Waals surface area contributed by atoms with Gasteiger partial charge >= 0.3 is 0 Å². The number of aryl methyl sites for hydroxylation is 1. The largest absolute Gasteiger partial charge is 0.456 e. The number of benzene rings is 1. The Kier molecular flexibility index (Phi) is 4.02. The van der Waals surface area contributed by atoms with Crippen LogP contribution in [0.1, 0.15) is 24.5 Å². The highest BCUT2D eigenvalue weighted by Gasteiger charge is 2.08. The van der Waals surface area contributed by atoms with E-state index in [0.717, 1.165) is 47.4 Å². The molecular weight excluding hydrogens is 260 g/mol. The monoisotopic (exact) mass is 280 g/mol. The predicted octanol–water partition coefficient (Wildman–Crippen LogP) is 4.30. The van der Waals surface area contributed by atoms with Crippen LogP contribution in [-0.4, -0.2) is 11.5 Å². The van der Waals surface area contributed by atoms with Crippen LogP contribution in [0.5, 0.6) is 0 Å². The van der Waals surface area contributed by atoms with Crippen molar-refractivity contribution in [3.8, 4) is 11.3 Å². The minimum Gasteiger partial charge on any atom is -0.456 e. The maximum Gasteiger partial charge on any atom is 0.137 e. The molecule has 2 heterocycles. The zero-order valence-corrected chi connectivity index (χ0v) is 12.5. The van der Waals surface area contributed by atoms with Crippen LogP contribution in [0.4, 0.5) is 0 Å². The Hall–Kier alpha value is -2.13. The van der Waals surface area contributed by atoms with E-state index in [2.05, 4.69) is 54.5 Å². The van der Waals surface area contributed by atoms with Crippen molar-refractivity contribution in [1.82, 2.24) is 10.3 Å². The van der Waals surface area contributed by atoms with Crippen molar-refractivity contribution < 1.29 is 4.42 Å².